The summed E-state index contributed by atoms with van der Waals surface area (Å²) in [5, 5.41) is 0. The van der Waals surface area contributed by atoms with E-state index in [0.717, 1.165) is 39.5 Å². The number of aryl methyl sites for hydroxylation is 1. The van der Waals surface area contributed by atoms with Gasteiger partial charge in [0.1, 0.15) is 0 Å². The van der Waals surface area contributed by atoms with Crippen LogP contribution in [0.2, 0.25) is 0 Å². The Balaban J connectivity index is 1.94. The number of fused-ring (bicyclic) bond motifs is 3. The molecule has 1 aliphatic rings. The van der Waals surface area contributed by atoms with Crippen LogP contribution in [0.3, 0.4) is 0 Å². The molecule has 0 unspecified atom stereocenters. The second-order valence-corrected chi connectivity index (χ2v) is 6.27. The zero-order chi connectivity index (χ0) is 17.6. The second-order valence-electron chi connectivity index (χ2n) is 6.27. The van der Waals surface area contributed by atoms with E-state index in [0.29, 0.717) is 5.56 Å². The summed E-state index contributed by atoms with van der Waals surface area (Å²) in [4.78, 5) is 0. The lowest BCUT2D eigenvalue weighted by Gasteiger charge is -2.10. The Morgan fingerprint density at radius 2 is 1.36 bits per heavy atom. The summed E-state index contributed by atoms with van der Waals surface area (Å²) in [6, 6.07) is 19.7. The summed E-state index contributed by atoms with van der Waals surface area (Å²) in [5.41, 5.74) is 5.77. The van der Waals surface area contributed by atoms with Gasteiger partial charge in [-0.05, 0) is 58.5 Å². The fourth-order valence-corrected chi connectivity index (χ4v) is 3.26. The summed E-state index contributed by atoms with van der Waals surface area (Å²) in [6.45, 7) is 2.01. The molecule has 0 saturated carbocycles. The van der Waals surface area contributed by atoms with Gasteiger partial charge in [0.25, 0.3) is 0 Å². The number of rotatable bonds is 1. The molecule has 25 heavy (non-hydrogen) atoms. The van der Waals surface area contributed by atoms with E-state index in [4.69, 9.17) is 0 Å². The number of alkyl halides is 3. The van der Waals surface area contributed by atoms with Crippen LogP contribution in [0.1, 0.15) is 27.8 Å². The van der Waals surface area contributed by atoms with E-state index in [2.05, 4.69) is 0 Å². The van der Waals surface area contributed by atoms with Crippen molar-refractivity contribution in [1.82, 2.24) is 0 Å². The third kappa shape index (κ3) is 2.76. The van der Waals surface area contributed by atoms with Gasteiger partial charge in [0, 0.05) is 0 Å². The fraction of sp³-hybridized carbons (Fsp3) is 0.0909. The van der Waals surface area contributed by atoms with Crippen molar-refractivity contribution in [2.75, 3.05) is 0 Å². The first-order valence-corrected chi connectivity index (χ1v) is 8.03. The van der Waals surface area contributed by atoms with E-state index in [-0.39, 0.29) is 0 Å². The molecule has 3 aromatic rings. The highest BCUT2D eigenvalue weighted by Gasteiger charge is 2.33. The minimum absolute atomic E-state index is 0.617. The summed E-state index contributed by atoms with van der Waals surface area (Å²) >= 11 is 0. The van der Waals surface area contributed by atoms with Crippen LogP contribution >= 0.6 is 0 Å². The molecule has 1 aliphatic carbocycles. The fourth-order valence-electron chi connectivity index (χ4n) is 3.26. The zero-order valence-corrected chi connectivity index (χ0v) is 13.6. The predicted molar refractivity (Wildman–Crippen MR) is 95.0 cm³/mol. The molecule has 0 amide bonds. The highest BCUT2D eigenvalue weighted by atomic mass is 19.4. The SMILES string of the molecule is Cc1ccc(/C=C2/c3ccccc3-c3ccc(C(F)(F)F)cc32)cc1. The van der Waals surface area contributed by atoms with Crippen LogP contribution in [0, 0.1) is 6.92 Å². The Labute approximate surface area is 144 Å². The van der Waals surface area contributed by atoms with Crippen molar-refractivity contribution >= 4 is 11.6 Å². The first-order valence-electron chi connectivity index (χ1n) is 8.03. The Morgan fingerprint density at radius 1 is 0.720 bits per heavy atom. The zero-order valence-electron chi connectivity index (χ0n) is 13.6. The maximum atomic E-state index is 13.2. The van der Waals surface area contributed by atoms with Gasteiger partial charge in [0.2, 0.25) is 0 Å². The lowest BCUT2D eigenvalue weighted by molar-refractivity contribution is -0.137. The Kier molecular flexibility index (Phi) is 3.53. The van der Waals surface area contributed by atoms with Crippen molar-refractivity contribution in [2.24, 2.45) is 0 Å². The molecule has 0 saturated heterocycles. The van der Waals surface area contributed by atoms with E-state index in [1.54, 1.807) is 6.07 Å². The van der Waals surface area contributed by atoms with Gasteiger partial charge in [-0.1, -0.05) is 60.2 Å². The molecule has 0 N–H and O–H groups in total. The van der Waals surface area contributed by atoms with Gasteiger partial charge in [0.15, 0.2) is 0 Å². The van der Waals surface area contributed by atoms with Crippen molar-refractivity contribution < 1.29 is 13.2 Å². The molecule has 0 fully saturated rings. The van der Waals surface area contributed by atoms with Crippen molar-refractivity contribution in [3.05, 3.63) is 94.5 Å². The van der Waals surface area contributed by atoms with Gasteiger partial charge >= 0.3 is 6.18 Å². The normalized spacial score (nSPS) is 14.5. The molecule has 124 valence electrons. The minimum atomic E-state index is -4.35. The second kappa shape index (κ2) is 5.62. The maximum absolute atomic E-state index is 13.2. The predicted octanol–water partition coefficient (Wildman–Crippen LogP) is 6.58. The van der Waals surface area contributed by atoms with E-state index >= 15 is 0 Å². The summed E-state index contributed by atoms with van der Waals surface area (Å²) in [7, 11) is 0. The molecule has 0 spiro atoms. The largest absolute Gasteiger partial charge is 0.416 e. The Hall–Kier alpha value is -2.81. The number of halogens is 3. The quantitative estimate of drug-likeness (QED) is 0.368. The van der Waals surface area contributed by atoms with Crippen molar-refractivity contribution in [1.29, 1.82) is 0 Å². The van der Waals surface area contributed by atoms with Gasteiger partial charge in [-0.3, -0.25) is 0 Å². The maximum Gasteiger partial charge on any atom is 0.416 e. The van der Waals surface area contributed by atoms with Gasteiger partial charge in [-0.2, -0.15) is 13.2 Å². The minimum Gasteiger partial charge on any atom is -0.166 e. The van der Waals surface area contributed by atoms with E-state index < -0.39 is 11.7 Å². The summed E-state index contributed by atoms with van der Waals surface area (Å²) < 4.78 is 39.5. The average molecular weight is 336 g/mol. The number of hydrogen-bond donors (Lipinski definition) is 0. The summed E-state index contributed by atoms with van der Waals surface area (Å²) in [5.74, 6) is 0. The van der Waals surface area contributed by atoms with Crippen LogP contribution in [-0.2, 0) is 6.18 Å². The first-order chi connectivity index (χ1) is 11.9. The van der Waals surface area contributed by atoms with Gasteiger partial charge in [0.05, 0.1) is 5.56 Å². The van der Waals surface area contributed by atoms with Crippen molar-refractivity contribution in [3.8, 4) is 11.1 Å². The van der Waals surface area contributed by atoms with Gasteiger partial charge < -0.3 is 0 Å². The Bertz CT molecular complexity index is 977. The molecule has 0 nitrogen and oxygen atoms in total. The molecule has 3 aromatic carbocycles. The molecular weight excluding hydrogens is 321 g/mol. The topological polar surface area (TPSA) is 0 Å². The molecular formula is C22H15F3. The number of benzene rings is 3. The molecule has 0 radical (unpaired) electrons. The third-order valence-corrected chi connectivity index (χ3v) is 4.53. The highest BCUT2D eigenvalue weighted by Crippen LogP contribution is 2.46. The van der Waals surface area contributed by atoms with Crippen molar-refractivity contribution in [2.45, 2.75) is 13.1 Å². The average Bonchev–Trinajstić information content (AvgIpc) is 2.90. The molecule has 4 rings (SSSR count). The van der Waals surface area contributed by atoms with Crippen LogP contribution in [0.15, 0.2) is 66.7 Å². The monoisotopic (exact) mass is 336 g/mol. The molecule has 0 atom stereocenters. The number of hydrogen-bond acceptors (Lipinski definition) is 0. The van der Waals surface area contributed by atoms with Crippen LogP contribution in [0.4, 0.5) is 13.2 Å². The van der Waals surface area contributed by atoms with Crippen LogP contribution in [-0.4, -0.2) is 0 Å². The molecule has 3 heteroatoms. The molecule has 0 aromatic heterocycles. The van der Waals surface area contributed by atoms with Crippen LogP contribution in [0.25, 0.3) is 22.8 Å². The van der Waals surface area contributed by atoms with Gasteiger partial charge in [-0.15, -0.1) is 0 Å². The van der Waals surface area contributed by atoms with Crippen molar-refractivity contribution in [3.63, 3.8) is 0 Å². The lowest BCUT2D eigenvalue weighted by Crippen LogP contribution is -2.05. The molecule has 0 heterocycles. The van der Waals surface area contributed by atoms with Gasteiger partial charge in [-0.25, -0.2) is 0 Å². The third-order valence-electron chi connectivity index (χ3n) is 4.53. The van der Waals surface area contributed by atoms with E-state index in [9.17, 15) is 13.2 Å². The standard InChI is InChI=1S/C22H15F3/c1-14-6-8-15(9-7-14)12-20-18-5-3-2-4-17(18)19-11-10-16(13-21(19)20)22(23,24)25/h2-13H,1H3/b20-12-. The Morgan fingerprint density at radius 3 is 2.04 bits per heavy atom. The van der Waals surface area contributed by atoms with E-state index in [1.165, 1.54) is 6.07 Å². The van der Waals surface area contributed by atoms with E-state index in [1.807, 2.05) is 61.5 Å². The molecule has 0 aliphatic heterocycles. The lowest BCUT2D eigenvalue weighted by atomic mass is 9.99. The summed E-state index contributed by atoms with van der Waals surface area (Å²) in [6.07, 6.45) is -2.39. The molecule has 0 bridgehead atoms. The highest BCUT2D eigenvalue weighted by molar-refractivity contribution is 6.06. The van der Waals surface area contributed by atoms with Crippen LogP contribution in [0.5, 0.6) is 0 Å². The smallest absolute Gasteiger partial charge is 0.166 e. The first kappa shape index (κ1) is 15.7. The van der Waals surface area contributed by atoms with Crippen LogP contribution < -0.4 is 0 Å².